The van der Waals surface area contributed by atoms with Gasteiger partial charge in [-0.05, 0) is 72.9 Å². The maximum atomic E-state index is 14.1. The SMILES string of the molecule is CCOc1ccc(C(C)C)nc1-c1ccc(C(F)(F)F)cc1CN(Cc1cc(C(F)(F)F)cc(C(F)(F)F)c1)c1ncc(OCCCC(=O)O)cn1. The zero-order valence-corrected chi connectivity index (χ0v) is 28.0. The third-order valence-corrected chi connectivity index (χ3v) is 7.54. The molecule has 2 aromatic heterocycles. The fourth-order valence-corrected chi connectivity index (χ4v) is 5.07. The number of pyridine rings is 1. The summed E-state index contributed by atoms with van der Waals surface area (Å²) in [5.41, 5.74) is -3.89. The lowest BCUT2D eigenvalue weighted by Gasteiger charge is -2.26. The normalized spacial score (nSPS) is 12.2. The molecule has 0 saturated heterocycles. The van der Waals surface area contributed by atoms with Crippen LogP contribution in [0.5, 0.6) is 11.5 Å². The number of nitrogens with zero attached hydrogens (tertiary/aromatic N) is 4. The summed E-state index contributed by atoms with van der Waals surface area (Å²) >= 11 is 0. The van der Waals surface area contributed by atoms with Gasteiger partial charge in [-0.1, -0.05) is 19.9 Å². The molecule has 0 amide bonds. The van der Waals surface area contributed by atoms with E-state index in [0.29, 0.717) is 17.8 Å². The highest BCUT2D eigenvalue weighted by atomic mass is 19.4. The zero-order valence-electron chi connectivity index (χ0n) is 28.0. The number of carboxylic acid groups (broad SMARTS) is 1. The number of carboxylic acids is 1. The molecule has 0 aliphatic carbocycles. The predicted molar refractivity (Wildman–Crippen MR) is 171 cm³/mol. The molecule has 0 aliphatic heterocycles. The summed E-state index contributed by atoms with van der Waals surface area (Å²) in [4.78, 5) is 24.9. The lowest BCUT2D eigenvalue weighted by molar-refractivity contribution is -0.143. The number of hydrogen-bond acceptors (Lipinski definition) is 7. The van der Waals surface area contributed by atoms with Gasteiger partial charge in [0.15, 0.2) is 5.75 Å². The molecule has 0 fully saturated rings. The second-order valence-electron chi connectivity index (χ2n) is 11.9. The van der Waals surface area contributed by atoms with Crippen LogP contribution in [0.3, 0.4) is 0 Å². The molecule has 0 atom stereocenters. The van der Waals surface area contributed by atoms with Crippen LogP contribution in [0.25, 0.3) is 11.3 Å². The zero-order chi connectivity index (χ0) is 38.4. The quantitative estimate of drug-likeness (QED) is 0.101. The van der Waals surface area contributed by atoms with Crippen molar-refractivity contribution < 1.29 is 58.9 Å². The third kappa shape index (κ3) is 10.5. The first-order valence-electron chi connectivity index (χ1n) is 15.8. The molecule has 0 saturated carbocycles. The number of rotatable bonds is 14. The van der Waals surface area contributed by atoms with Gasteiger partial charge in [-0.3, -0.25) is 4.79 Å². The number of aromatic nitrogens is 3. The minimum Gasteiger partial charge on any atom is -0.492 e. The molecule has 280 valence electrons. The Bertz CT molecular complexity index is 1810. The van der Waals surface area contributed by atoms with Gasteiger partial charge in [0.25, 0.3) is 0 Å². The lowest BCUT2D eigenvalue weighted by Crippen LogP contribution is -2.26. The van der Waals surface area contributed by atoms with Crippen LogP contribution >= 0.6 is 0 Å². The minimum atomic E-state index is -5.16. The van der Waals surface area contributed by atoms with Crippen LogP contribution in [0.15, 0.2) is 60.9 Å². The highest BCUT2D eigenvalue weighted by Crippen LogP contribution is 2.39. The van der Waals surface area contributed by atoms with E-state index in [1.807, 2.05) is 13.8 Å². The van der Waals surface area contributed by atoms with Crippen LogP contribution in [-0.2, 0) is 36.4 Å². The van der Waals surface area contributed by atoms with Crippen LogP contribution in [0.1, 0.15) is 73.0 Å². The molecular formula is C35H33F9N4O4. The summed E-state index contributed by atoms with van der Waals surface area (Å²) in [6.07, 6.45) is -12.9. The van der Waals surface area contributed by atoms with Crippen molar-refractivity contribution in [2.75, 3.05) is 18.1 Å². The number of aliphatic carboxylic acids is 1. The average molecular weight is 745 g/mol. The first-order chi connectivity index (χ1) is 24.3. The van der Waals surface area contributed by atoms with Crippen LogP contribution < -0.4 is 14.4 Å². The topological polar surface area (TPSA) is 97.7 Å². The largest absolute Gasteiger partial charge is 0.492 e. The van der Waals surface area contributed by atoms with Crippen LogP contribution in [-0.4, -0.2) is 39.2 Å². The Hall–Kier alpha value is -5.09. The van der Waals surface area contributed by atoms with Crippen molar-refractivity contribution in [1.29, 1.82) is 0 Å². The molecule has 0 bridgehead atoms. The van der Waals surface area contributed by atoms with Gasteiger partial charge in [-0.2, -0.15) is 39.5 Å². The number of alkyl halides is 9. The van der Waals surface area contributed by atoms with Crippen molar-refractivity contribution in [2.24, 2.45) is 0 Å². The van der Waals surface area contributed by atoms with Gasteiger partial charge in [0, 0.05) is 30.8 Å². The van der Waals surface area contributed by atoms with Gasteiger partial charge >= 0.3 is 24.5 Å². The molecule has 0 spiro atoms. The summed E-state index contributed by atoms with van der Waals surface area (Å²) in [6.45, 7) is 4.27. The molecule has 1 N–H and O–H groups in total. The van der Waals surface area contributed by atoms with E-state index in [2.05, 4.69) is 15.0 Å². The maximum Gasteiger partial charge on any atom is 0.416 e. The number of carbonyl (C=O) groups is 1. The Morgan fingerprint density at radius 3 is 1.96 bits per heavy atom. The standard InChI is InChI=1S/C35H33F9N4O4/c1-4-51-29-10-9-28(20(2)3)47-31(29)27-8-7-23(33(36,37)38)14-22(27)19-48(32-45-16-26(17-46-32)52-11-5-6-30(49)50)18-21-12-24(34(39,40)41)15-25(13-21)35(42,43)44/h7-10,12-17,20H,4-6,11,18-19H2,1-3H3,(H,49,50). The number of anilines is 1. The summed E-state index contributed by atoms with van der Waals surface area (Å²) in [6, 6.07) is 7.11. The highest BCUT2D eigenvalue weighted by molar-refractivity contribution is 5.71. The summed E-state index contributed by atoms with van der Waals surface area (Å²) in [5, 5.41) is 8.82. The second-order valence-corrected chi connectivity index (χ2v) is 11.9. The van der Waals surface area contributed by atoms with E-state index < -0.39 is 59.8 Å². The number of ether oxygens (including phenoxy) is 2. The predicted octanol–water partition coefficient (Wildman–Crippen LogP) is 9.57. The van der Waals surface area contributed by atoms with Crippen molar-refractivity contribution in [3.63, 3.8) is 0 Å². The summed E-state index contributed by atoms with van der Waals surface area (Å²) in [7, 11) is 0. The fourth-order valence-electron chi connectivity index (χ4n) is 5.07. The molecule has 52 heavy (non-hydrogen) atoms. The van der Waals surface area contributed by atoms with Crippen LogP contribution in [0.2, 0.25) is 0 Å². The second kappa shape index (κ2) is 16.1. The molecule has 2 heterocycles. The first kappa shape index (κ1) is 39.7. The van der Waals surface area contributed by atoms with Gasteiger partial charge in [-0.25, -0.2) is 15.0 Å². The lowest BCUT2D eigenvalue weighted by atomic mass is 9.98. The van der Waals surface area contributed by atoms with E-state index in [1.165, 1.54) is 6.07 Å². The number of halogens is 9. The van der Waals surface area contributed by atoms with Crippen LogP contribution in [0, 0.1) is 0 Å². The third-order valence-electron chi connectivity index (χ3n) is 7.54. The average Bonchev–Trinajstić information content (AvgIpc) is 3.05. The Morgan fingerprint density at radius 2 is 1.42 bits per heavy atom. The van der Waals surface area contributed by atoms with E-state index in [0.717, 1.165) is 29.4 Å². The molecule has 0 unspecified atom stereocenters. The number of benzene rings is 2. The van der Waals surface area contributed by atoms with Crippen molar-refractivity contribution in [3.05, 3.63) is 94.4 Å². The minimum absolute atomic E-state index is 0.0334. The smallest absolute Gasteiger partial charge is 0.416 e. The highest BCUT2D eigenvalue weighted by Gasteiger charge is 2.37. The summed E-state index contributed by atoms with van der Waals surface area (Å²) in [5.74, 6) is -1.15. The van der Waals surface area contributed by atoms with Gasteiger partial charge in [-0.15, -0.1) is 0 Å². The van der Waals surface area contributed by atoms with Crippen molar-refractivity contribution >= 4 is 11.9 Å². The number of hydrogen-bond donors (Lipinski definition) is 1. The Balaban J connectivity index is 1.88. The Labute approximate surface area is 292 Å². The molecular weight excluding hydrogens is 711 g/mol. The van der Waals surface area contributed by atoms with Crippen molar-refractivity contribution in [1.82, 2.24) is 15.0 Å². The molecule has 4 aromatic rings. The van der Waals surface area contributed by atoms with E-state index >= 15 is 0 Å². The van der Waals surface area contributed by atoms with Gasteiger partial charge < -0.3 is 19.5 Å². The van der Waals surface area contributed by atoms with Gasteiger partial charge in [0.2, 0.25) is 5.95 Å². The monoisotopic (exact) mass is 744 g/mol. The van der Waals surface area contributed by atoms with Gasteiger partial charge in [0.1, 0.15) is 11.4 Å². The Kier molecular flexibility index (Phi) is 12.3. The molecule has 8 nitrogen and oxygen atoms in total. The maximum absolute atomic E-state index is 14.1. The molecule has 2 aromatic carbocycles. The van der Waals surface area contributed by atoms with E-state index in [-0.39, 0.29) is 72.3 Å². The first-order valence-corrected chi connectivity index (χ1v) is 15.8. The van der Waals surface area contributed by atoms with Gasteiger partial charge in [0.05, 0.1) is 42.3 Å². The fraction of sp³-hybridized carbons (Fsp3) is 0.371. The molecule has 0 radical (unpaired) electrons. The molecule has 17 heteroatoms. The molecule has 4 rings (SSSR count). The Morgan fingerprint density at radius 1 is 0.808 bits per heavy atom. The van der Waals surface area contributed by atoms with Crippen LogP contribution in [0.4, 0.5) is 45.5 Å². The summed E-state index contributed by atoms with van der Waals surface area (Å²) < 4.78 is 136. The van der Waals surface area contributed by atoms with E-state index in [1.54, 1.807) is 19.1 Å². The van der Waals surface area contributed by atoms with Crippen molar-refractivity contribution in [2.45, 2.75) is 71.1 Å². The van der Waals surface area contributed by atoms with Crippen molar-refractivity contribution in [3.8, 4) is 22.8 Å². The van der Waals surface area contributed by atoms with E-state index in [9.17, 15) is 44.3 Å². The molecule has 0 aliphatic rings. The van der Waals surface area contributed by atoms with E-state index in [4.69, 9.17) is 14.6 Å².